The third-order valence-corrected chi connectivity index (χ3v) is 3.60. The highest BCUT2D eigenvalue weighted by atomic mass is 35.5. The maximum Gasteiger partial charge on any atom is 0.0850 e. The SMILES string of the molecule is CCc1nn(CC)c(CC(C)(CN)CO)c1Cl. The van der Waals surface area contributed by atoms with Crippen LogP contribution in [0.5, 0.6) is 0 Å². The van der Waals surface area contributed by atoms with Gasteiger partial charge in [-0.1, -0.05) is 25.4 Å². The van der Waals surface area contributed by atoms with Gasteiger partial charge in [-0.15, -0.1) is 0 Å². The lowest BCUT2D eigenvalue weighted by molar-refractivity contribution is 0.147. The molecule has 1 heterocycles. The van der Waals surface area contributed by atoms with Crippen molar-refractivity contribution in [2.45, 2.75) is 40.2 Å². The summed E-state index contributed by atoms with van der Waals surface area (Å²) in [5.41, 5.74) is 7.28. The van der Waals surface area contributed by atoms with E-state index >= 15 is 0 Å². The van der Waals surface area contributed by atoms with Gasteiger partial charge >= 0.3 is 0 Å². The molecule has 98 valence electrons. The highest BCUT2D eigenvalue weighted by molar-refractivity contribution is 6.31. The summed E-state index contributed by atoms with van der Waals surface area (Å²) in [6.07, 6.45) is 1.47. The summed E-state index contributed by atoms with van der Waals surface area (Å²) in [4.78, 5) is 0. The van der Waals surface area contributed by atoms with E-state index in [1.165, 1.54) is 0 Å². The zero-order valence-corrected chi connectivity index (χ0v) is 11.6. The molecule has 0 aliphatic carbocycles. The number of rotatable bonds is 6. The zero-order chi connectivity index (χ0) is 13.1. The van der Waals surface area contributed by atoms with Gasteiger partial charge in [0.15, 0.2) is 0 Å². The van der Waals surface area contributed by atoms with Crippen LogP contribution >= 0.6 is 11.6 Å². The summed E-state index contributed by atoms with van der Waals surface area (Å²) in [6.45, 7) is 7.28. The molecule has 0 saturated heterocycles. The lowest BCUT2D eigenvalue weighted by Crippen LogP contribution is -2.34. The first-order valence-corrected chi connectivity index (χ1v) is 6.44. The second kappa shape index (κ2) is 5.85. The Balaban J connectivity index is 3.08. The van der Waals surface area contributed by atoms with Crippen LogP contribution in [0.2, 0.25) is 5.02 Å². The number of hydrogen-bond acceptors (Lipinski definition) is 3. The van der Waals surface area contributed by atoms with E-state index in [2.05, 4.69) is 5.10 Å². The molecule has 17 heavy (non-hydrogen) atoms. The van der Waals surface area contributed by atoms with E-state index in [0.717, 1.165) is 29.4 Å². The molecule has 0 aliphatic rings. The van der Waals surface area contributed by atoms with E-state index in [9.17, 15) is 5.11 Å². The standard InChI is InChI=1S/C12H22ClN3O/c1-4-9-11(13)10(16(5-2)15-9)6-12(3,7-14)8-17/h17H,4-8,14H2,1-3H3. The maximum atomic E-state index is 9.41. The fourth-order valence-corrected chi connectivity index (χ4v) is 2.12. The van der Waals surface area contributed by atoms with Gasteiger partial charge < -0.3 is 10.8 Å². The van der Waals surface area contributed by atoms with E-state index in [4.69, 9.17) is 17.3 Å². The molecule has 1 rings (SSSR count). The first-order valence-electron chi connectivity index (χ1n) is 6.06. The molecule has 0 spiro atoms. The van der Waals surface area contributed by atoms with Crippen molar-refractivity contribution in [1.82, 2.24) is 9.78 Å². The molecule has 5 heteroatoms. The molecule has 1 unspecified atom stereocenters. The lowest BCUT2D eigenvalue weighted by Gasteiger charge is -2.25. The van der Waals surface area contributed by atoms with Gasteiger partial charge in [-0.25, -0.2) is 0 Å². The Morgan fingerprint density at radius 1 is 1.47 bits per heavy atom. The summed E-state index contributed by atoms with van der Waals surface area (Å²) in [5.74, 6) is 0. The van der Waals surface area contributed by atoms with Crippen LogP contribution in [-0.4, -0.2) is 28.0 Å². The molecular weight excluding hydrogens is 238 g/mol. The predicted molar refractivity (Wildman–Crippen MR) is 70.2 cm³/mol. The van der Waals surface area contributed by atoms with Crippen LogP contribution in [0.1, 0.15) is 32.2 Å². The van der Waals surface area contributed by atoms with Gasteiger partial charge in [0.1, 0.15) is 0 Å². The zero-order valence-electron chi connectivity index (χ0n) is 10.8. The Morgan fingerprint density at radius 3 is 2.53 bits per heavy atom. The maximum absolute atomic E-state index is 9.41. The summed E-state index contributed by atoms with van der Waals surface area (Å²) in [6, 6.07) is 0. The summed E-state index contributed by atoms with van der Waals surface area (Å²) in [7, 11) is 0. The third kappa shape index (κ3) is 3.00. The van der Waals surface area contributed by atoms with Crippen molar-refractivity contribution in [2.75, 3.05) is 13.2 Å². The Hall–Kier alpha value is -0.580. The summed E-state index contributed by atoms with van der Waals surface area (Å²) >= 11 is 6.32. The van der Waals surface area contributed by atoms with Crippen LogP contribution in [0.25, 0.3) is 0 Å². The molecule has 1 aromatic rings. The predicted octanol–water partition coefficient (Wildman–Crippen LogP) is 1.62. The minimum Gasteiger partial charge on any atom is -0.396 e. The van der Waals surface area contributed by atoms with Crippen LogP contribution in [0.3, 0.4) is 0 Å². The smallest absolute Gasteiger partial charge is 0.0850 e. The van der Waals surface area contributed by atoms with Gasteiger partial charge in [0, 0.05) is 18.5 Å². The molecule has 0 saturated carbocycles. The molecule has 0 aromatic carbocycles. The second-order valence-corrected chi connectivity index (χ2v) is 5.10. The molecule has 0 fully saturated rings. The van der Waals surface area contributed by atoms with Crippen molar-refractivity contribution in [3.8, 4) is 0 Å². The van der Waals surface area contributed by atoms with E-state index < -0.39 is 0 Å². The fraction of sp³-hybridized carbons (Fsp3) is 0.750. The van der Waals surface area contributed by atoms with Crippen LogP contribution in [0, 0.1) is 5.41 Å². The molecule has 1 aromatic heterocycles. The highest BCUT2D eigenvalue weighted by Gasteiger charge is 2.26. The minimum atomic E-state index is -0.332. The molecular formula is C12H22ClN3O. The second-order valence-electron chi connectivity index (χ2n) is 4.73. The lowest BCUT2D eigenvalue weighted by atomic mass is 9.86. The molecule has 0 radical (unpaired) electrons. The normalized spacial score (nSPS) is 14.9. The fourth-order valence-electron chi connectivity index (χ4n) is 1.78. The molecule has 3 N–H and O–H groups in total. The average Bonchev–Trinajstić information content (AvgIpc) is 2.66. The monoisotopic (exact) mass is 259 g/mol. The number of halogens is 1. The Kier molecular flexibility index (Phi) is 4.98. The van der Waals surface area contributed by atoms with Crippen molar-refractivity contribution >= 4 is 11.6 Å². The highest BCUT2D eigenvalue weighted by Crippen LogP contribution is 2.28. The molecule has 0 aliphatic heterocycles. The van der Waals surface area contributed by atoms with Gasteiger partial charge in [0.05, 0.1) is 23.0 Å². The molecule has 1 atom stereocenters. The number of aryl methyl sites for hydroxylation is 2. The molecule has 0 bridgehead atoms. The Labute approximate surface area is 108 Å². The third-order valence-electron chi connectivity index (χ3n) is 3.16. The van der Waals surface area contributed by atoms with E-state index in [-0.39, 0.29) is 12.0 Å². The quantitative estimate of drug-likeness (QED) is 0.816. The largest absolute Gasteiger partial charge is 0.396 e. The van der Waals surface area contributed by atoms with E-state index in [1.807, 2.05) is 25.5 Å². The number of nitrogens with zero attached hydrogens (tertiary/aromatic N) is 2. The van der Waals surface area contributed by atoms with Crippen LogP contribution in [0.4, 0.5) is 0 Å². The molecule has 4 nitrogen and oxygen atoms in total. The van der Waals surface area contributed by atoms with Crippen LogP contribution in [0.15, 0.2) is 0 Å². The van der Waals surface area contributed by atoms with Gasteiger partial charge in [0.2, 0.25) is 0 Å². The van der Waals surface area contributed by atoms with Crippen molar-refractivity contribution in [3.05, 3.63) is 16.4 Å². The summed E-state index contributed by atoms with van der Waals surface area (Å²) < 4.78 is 1.91. The van der Waals surface area contributed by atoms with Gasteiger partial charge in [-0.05, 0) is 19.8 Å². The van der Waals surface area contributed by atoms with Gasteiger partial charge in [-0.3, -0.25) is 4.68 Å². The number of aromatic nitrogens is 2. The molecule has 0 amide bonds. The van der Waals surface area contributed by atoms with Crippen LogP contribution in [-0.2, 0) is 19.4 Å². The number of aliphatic hydroxyl groups excluding tert-OH is 1. The Morgan fingerprint density at radius 2 is 2.12 bits per heavy atom. The van der Waals surface area contributed by atoms with Crippen molar-refractivity contribution < 1.29 is 5.11 Å². The van der Waals surface area contributed by atoms with Crippen molar-refractivity contribution in [3.63, 3.8) is 0 Å². The topological polar surface area (TPSA) is 64.1 Å². The number of hydrogen-bond donors (Lipinski definition) is 2. The Bertz CT molecular complexity index is 372. The number of aliphatic hydroxyl groups is 1. The van der Waals surface area contributed by atoms with Gasteiger partial charge in [-0.2, -0.15) is 5.10 Å². The van der Waals surface area contributed by atoms with E-state index in [1.54, 1.807) is 0 Å². The first-order chi connectivity index (χ1) is 8.01. The van der Waals surface area contributed by atoms with Crippen molar-refractivity contribution in [2.24, 2.45) is 11.1 Å². The van der Waals surface area contributed by atoms with E-state index in [0.29, 0.717) is 13.0 Å². The van der Waals surface area contributed by atoms with Crippen molar-refractivity contribution in [1.29, 1.82) is 0 Å². The summed E-state index contributed by atoms with van der Waals surface area (Å²) in [5, 5.41) is 14.6. The number of nitrogens with two attached hydrogens (primary N) is 1. The average molecular weight is 260 g/mol. The van der Waals surface area contributed by atoms with Gasteiger partial charge in [0.25, 0.3) is 0 Å². The minimum absolute atomic E-state index is 0.0518. The first kappa shape index (κ1) is 14.5. The van der Waals surface area contributed by atoms with Crippen LogP contribution < -0.4 is 5.73 Å².